The van der Waals surface area contributed by atoms with Crippen LogP contribution in [0.3, 0.4) is 0 Å². The third-order valence-electron chi connectivity index (χ3n) is 2.89. The normalized spacial score (nSPS) is 26.1. The number of aryl methyl sites for hydroxylation is 1. The molecule has 2 nitrogen and oxygen atoms in total. The molecule has 0 aliphatic heterocycles. The van der Waals surface area contributed by atoms with E-state index in [1.807, 2.05) is 25.1 Å². The summed E-state index contributed by atoms with van der Waals surface area (Å²) in [6, 6.07) is 5.64. The Morgan fingerprint density at radius 3 is 2.86 bits per heavy atom. The Balaban J connectivity index is 2.64. The molecule has 0 unspecified atom stereocenters. The fraction of sp³-hybridized carbons (Fsp3) is 0.417. The minimum atomic E-state index is -0.838. The largest absolute Gasteiger partial charge is 0.385 e. The molecule has 14 heavy (non-hydrogen) atoms. The van der Waals surface area contributed by atoms with E-state index in [0.29, 0.717) is 18.4 Å². The molecule has 74 valence electrons. The number of hydrogen-bond acceptors (Lipinski definition) is 2. The van der Waals surface area contributed by atoms with Crippen LogP contribution in [-0.2, 0) is 5.60 Å². The Morgan fingerprint density at radius 2 is 2.14 bits per heavy atom. The number of ketones is 1. The third-order valence-corrected chi connectivity index (χ3v) is 2.89. The quantitative estimate of drug-likeness (QED) is 0.680. The topological polar surface area (TPSA) is 37.3 Å². The van der Waals surface area contributed by atoms with E-state index >= 15 is 0 Å². The van der Waals surface area contributed by atoms with Crippen molar-refractivity contribution in [3.05, 3.63) is 34.9 Å². The highest BCUT2D eigenvalue weighted by molar-refractivity contribution is 5.99. The smallest absolute Gasteiger partial charge is 0.163 e. The fourth-order valence-electron chi connectivity index (χ4n) is 1.97. The highest BCUT2D eigenvalue weighted by Crippen LogP contribution is 2.35. The number of hydrogen-bond donors (Lipinski definition) is 1. The number of rotatable bonds is 0. The SMILES string of the molecule is Cc1ccc2c(c1)[C@@](C)(O)CCC2=O. The lowest BCUT2D eigenvalue weighted by Crippen LogP contribution is -2.29. The van der Waals surface area contributed by atoms with E-state index in [-0.39, 0.29) is 5.78 Å². The van der Waals surface area contributed by atoms with Gasteiger partial charge in [-0.05, 0) is 25.8 Å². The molecule has 2 heteroatoms. The van der Waals surface area contributed by atoms with Crippen molar-refractivity contribution in [2.45, 2.75) is 32.3 Å². The summed E-state index contributed by atoms with van der Waals surface area (Å²) < 4.78 is 0. The minimum Gasteiger partial charge on any atom is -0.385 e. The molecule has 0 amide bonds. The highest BCUT2D eigenvalue weighted by atomic mass is 16.3. The molecule has 0 bridgehead atoms. The van der Waals surface area contributed by atoms with Gasteiger partial charge in [-0.1, -0.05) is 23.8 Å². The van der Waals surface area contributed by atoms with E-state index in [9.17, 15) is 9.90 Å². The van der Waals surface area contributed by atoms with Crippen LogP contribution in [0.25, 0.3) is 0 Å². The van der Waals surface area contributed by atoms with E-state index in [0.717, 1.165) is 11.1 Å². The van der Waals surface area contributed by atoms with Crippen molar-refractivity contribution in [1.29, 1.82) is 0 Å². The Bertz CT molecular complexity index is 391. The molecule has 0 aromatic heterocycles. The molecule has 1 N–H and O–H groups in total. The second-order valence-electron chi connectivity index (χ2n) is 4.25. The van der Waals surface area contributed by atoms with E-state index in [4.69, 9.17) is 0 Å². The third kappa shape index (κ3) is 1.36. The first-order valence-electron chi connectivity index (χ1n) is 4.87. The standard InChI is InChI=1S/C12H14O2/c1-8-3-4-9-10(7-8)12(2,14)6-5-11(9)13/h3-4,7,14H,5-6H2,1-2H3/t12-/m0/s1. The molecule has 1 atom stereocenters. The van der Waals surface area contributed by atoms with Crippen molar-refractivity contribution in [3.63, 3.8) is 0 Å². The van der Waals surface area contributed by atoms with Crippen molar-refractivity contribution < 1.29 is 9.90 Å². The lowest BCUT2D eigenvalue weighted by molar-refractivity contribution is 0.0364. The van der Waals surface area contributed by atoms with Gasteiger partial charge in [0, 0.05) is 12.0 Å². The molecule has 2 rings (SSSR count). The Kier molecular flexibility index (Phi) is 1.96. The summed E-state index contributed by atoms with van der Waals surface area (Å²) in [5, 5.41) is 10.1. The summed E-state index contributed by atoms with van der Waals surface area (Å²) in [5.41, 5.74) is 1.72. The molecule has 0 spiro atoms. The Labute approximate surface area is 83.6 Å². The van der Waals surface area contributed by atoms with Crippen LogP contribution >= 0.6 is 0 Å². The van der Waals surface area contributed by atoms with Crippen LogP contribution in [0, 0.1) is 6.92 Å². The van der Waals surface area contributed by atoms with Gasteiger partial charge in [0.05, 0.1) is 5.60 Å². The second-order valence-corrected chi connectivity index (χ2v) is 4.25. The van der Waals surface area contributed by atoms with Gasteiger partial charge in [-0.25, -0.2) is 0 Å². The van der Waals surface area contributed by atoms with E-state index in [1.165, 1.54) is 0 Å². The molecular formula is C12H14O2. The van der Waals surface area contributed by atoms with Gasteiger partial charge in [0.25, 0.3) is 0 Å². The van der Waals surface area contributed by atoms with Crippen LogP contribution in [0.1, 0.15) is 41.3 Å². The molecule has 1 aliphatic rings. The van der Waals surface area contributed by atoms with Crippen LogP contribution in [0.15, 0.2) is 18.2 Å². The average Bonchev–Trinajstić information content (AvgIpc) is 2.12. The van der Waals surface area contributed by atoms with Crippen LogP contribution in [0.5, 0.6) is 0 Å². The predicted molar refractivity (Wildman–Crippen MR) is 54.3 cm³/mol. The molecule has 0 saturated carbocycles. The predicted octanol–water partition coefficient (Wildman–Crippen LogP) is 2.18. The first-order valence-corrected chi connectivity index (χ1v) is 4.87. The molecule has 0 heterocycles. The average molecular weight is 190 g/mol. The number of Topliss-reactive ketones (excluding diaryl/α,β-unsaturated/α-hetero) is 1. The lowest BCUT2D eigenvalue weighted by Gasteiger charge is -2.30. The first-order chi connectivity index (χ1) is 6.50. The molecule has 1 aromatic carbocycles. The van der Waals surface area contributed by atoms with Gasteiger partial charge in [0.1, 0.15) is 0 Å². The Hall–Kier alpha value is -1.15. The number of carbonyl (C=O) groups is 1. The fourth-order valence-corrected chi connectivity index (χ4v) is 1.97. The van der Waals surface area contributed by atoms with Gasteiger partial charge < -0.3 is 5.11 Å². The molecule has 1 aliphatic carbocycles. The van der Waals surface area contributed by atoms with Crippen molar-refractivity contribution >= 4 is 5.78 Å². The molecule has 0 fully saturated rings. The molecular weight excluding hydrogens is 176 g/mol. The van der Waals surface area contributed by atoms with Gasteiger partial charge in [0.15, 0.2) is 5.78 Å². The van der Waals surface area contributed by atoms with Gasteiger partial charge >= 0.3 is 0 Å². The number of carbonyl (C=O) groups excluding carboxylic acids is 1. The van der Waals surface area contributed by atoms with Crippen molar-refractivity contribution in [2.24, 2.45) is 0 Å². The van der Waals surface area contributed by atoms with Crippen LogP contribution in [0.4, 0.5) is 0 Å². The number of fused-ring (bicyclic) bond motifs is 1. The van der Waals surface area contributed by atoms with Crippen LogP contribution in [0.2, 0.25) is 0 Å². The molecule has 0 saturated heterocycles. The van der Waals surface area contributed by atoms with Gasteiger partial charge in [-0.2, -0.15) is 0 Å². The summed E-state index contributed by atoms with van der Waals surface area (Å²) in [5.74, 6) is 0.145. The number of aliphatic hydroxyl groups is 1. The summed E-state index contributed by atoms with van der Waals surface area (Å²) in [6.07, 6.45) is 0.978. The summed E-state index contributed by atoms with van der Waals surface area (Å²) in [4.78, 5) is 11.6. The van der Waals surface area contributed by atoms with E-state index in [2.05, 4.69) is 0 Å². The van der Waals surface area contributed by atoms with Crippen molar-refractivity contribution in [1.82, 2.24) is 0 Å². The van der Waals surface area contributed by atoms with E-state index in [1.54, 1.807) is 6.92 Å². The second kappa shape index (κ2) is 2.92. The summed E-state index contributed by atoms with van der Waals surface area (Å²) in [6.45, 7) is 3.74. The zero-order valence-electron chi connectivity index (χ0n) is 8.50. The minimum absolute atomic E-state index is 0.145. The summed E-state index contributed by atoms with van der Waals surface area (Å²) in [7, 11) is 0. The van der Waals surface area contributed by atoms with Crippen molar-refractivity contribution in [3.8, 4) is 0 Å². The van der Waals surface area contributed by atoms with Crippen molar-refractivity contribution in [2.75, 3.05) is 0 Å². The lowest BCUT2D eigenvalue weighted by atomic mass is 9.79. The van der Waals surface area contributed by atoms with E-state index < -0.39 is 5.60 Å². The zero-order chi connectivity index (χ0) is 10.3. The first kappa shape index (κ1) is 9.41. The number of benzene rings is 1. The maximum atomic E-state index is 11.6. The van der Waals surface area contributed by atoms with Gasteiger partial charge in [0.2, 0.25) is 0 Å². The van der Waals surface area contributed by atoms with Crippen LogP contribution < -0.4 is 0 Å². The van der Waals surface area contributed by atoms with Gasteiger partial charge in [-0.15, -0.1) is 0 Å². The maximum Gasteiger partial charge on any atom is 0.163 e. The molecule has 1 aromatic rings. The van der Waals surface area contributed by atoms with Crippen LogP contribution in [-0.4, -0.2) is 10.9 Å². The molecule has 0 radical (unpaired) electrons. The highest BCUT2D eigenvalue weighted by Gasteiger charge is 2.33. The maximum absolute atomic E-state index is 11.6. The summed E-state index contributed by atoms with van der Waals surface area (Å²) >= 11 is 0. The van der Waals surface area contributed by atoms with Gasteiger partial charge in [-0.3, -0.25) is 4.79 Å². The zero-order valence-corrected chi connectivity index (χ0v) is 8.50. The Morgan fingerprint density at radius 1 is 1.43 bits per heavy atom. The monoisotopic (exact) mass is 190 g/mol.